The van der Waals surface area contributed by atoms with E-state index in [9.17, 15) is 8.42 Å². The minimum Gasteiger partial charge on any atom is -0.389 e. The number of thiocarbonyl (C=S) groups is 1. The van der Waals surface area contributed by atoms with Gasteiger partial charge in [0.25, 0.3) is 0 Å². The number of sulfonamides is 1. The SMILES string of the molecule is Cc1cc(S(=O)(=O)N(CC2CC2)C(C)C)ccc1C(N)=S. The van der Waals surface area contributed by atoms with Crippen molar-refractivity contribution in [3.8, 4) is 0 Å². The number of hydrogen-bond acceptors (Lipinski definition) is 3. The Labute approximate surface area is 132 Å². The van der Waals surface area contributed by atoms with Crippen molar-refractivity contribution >= 4 is 27.2 Å². The van der Waals surface area contributed by atoms with Crippen molar-refractivity contribution in [2.45, 2.75) is 44.6 Å². The Hall–Kier alpha value is -0.980. The molecule has 0 heterocycles. The highest BCUT2D eigenvalue weighted by Gasteiger charge is 2.33. The van der Waals surface area contributed by atoms with E-state index >= 15 is 0 Å². The van der Waals surface area contributed by atoms with E-state index in [2.05, 4.69) is 0 Å². The maximum Gasteiger partial charge on any atom is 0.243 e. The lowest BCUT2D eigenvalue weighted by Crippen LogP contribution is -2.38. The fourth-order valence-corrected chi connectivity index (χ4v) is 4.38. The number of nitrogens with two attached hydrogens (primary N) is 1. The van der Waals surface area contributed by atoms with Crippen molar-refractivity contribution in [2.75, 3.05) is 6.54 Å². The van der Waals surface area contributed by atoms with Crippen LogP contribution in [0.3, 0.4) is 0 Å². The van der Waals surface area contributed by atoms with Crippen molar-refractivity contribution in [1.29, 1.82) is 0 Å². The molecule has 2 N–H and O–H groups in total. The van der Waals surface area contributed by atoms with Crippen molar-refractivity contribution in [1.82, 2.24) is 4.31 Å². The lowest BCUT2D eigenvalue weighted by molar-refractivity contribution is 0.341. The first-order valence-electron chi connectivity index (χ1n) is 7.15. The largest absolute Gasteiger partial charge is 0.389 e. The van der Waals surface area contributed by atoms with Crippen LogP contribution in [0.1, 0.15) is 37.8 Å². The van der Waals surface area contributed by atoms with Gasteiger partial charge in [-0.2, -0.15) is 4.31 Å². The standard InChI is InChI=1S/C15H22N2O2S2/c1-10(2)17(9-12-4-5-12)21(18,19)13-6-7-14(15(16)20)11(3)8-13/h6-8,10,12H,4-5,9H2,1-3H3,(H2,16,20). The molecule has 6 heteroatoms. The van der Waals surface area contributed by atoms with E-state index in [1.165, 1.54) is 0 Å². The lowest BCUT2D eigenvalue weighted by atomic mass is 10.1. The molecular formula is C15H22N2O2S2. The lowest BCUT2D eigenvalue weighted by Gasteiger charge is -2.26. The monoisotopic (exact) mass is 326 g/mol. The second kappa shape index (κ2) is 6.02. The molecular weight excluding hydrogens is 304 g/mol. The van der Waals surface area contributed by atoms with Crippen molar-refractivity contribution in [3.05, 3.63) is 29.3 Å². The zero-order valence-electron chi connectivity index (χ0n) is 12.7. The molecule has 4 nitrogen and oxygen atoms in total. The van der Waals surface area contributed by atoms with Gasteiger partial charge in [0.15, 0.2) is 0 Å². The van der Waals surface area contributed by atoms with Crippen LogP contribution in [0.4, 0.5) is 0 Å². The van der Waals surface area contributed by atoms with Crippen LogP contribution in [0.5, 0.6) is 0 Å². The summed E-state index contributed by atoms with van der Waals surface area (Å²) in [6, 6.07) is 4.90. The first-order chi connectivity index (χ1) is 9.73. The summed E-state index contributed by atoms with van der Waals surface area (Å²) >= 11 is 4.96. The molecule has 21 heavy (non-hydrogen) atoms. The summed E-state index contributed by atoms with van der Waals surface area (Å²) < 4.78 is 27.3. The average Bonchev–Trinajstić information content (AvgIpc) is 3.18. The summed E-state index contributed by atoms with van der Waals surface area (Å²) in [6.07, 6.45) is 2.25. The van der Waals surface area contributed by atoms with E-state index in [1.54, 1.807) is 22.5 Å². The molecule has 116 valence electrons. The van der Waals surface area contributed by atoms with Crippen LogP contribution < -0.4 is 5.73 Å². The smallest absolute Gasteiger partial charge is 0.243 e. The van der Waals surface area contributed by atoms with Crippen LogP contribution in [0.15, 0.2) is 23.1 Å². The Morgan fingerprint density at radius 3 is 2.48 bits per heavy atom. The van der Waals surface area contributed by atoms with Gasteiger partial charge in [-0.25, -0.2) is 8.42 Å². The van der Waals surface area contributed by atoms with E-state index in [0.29, 0.717) is 17.4 Å². The van der Waals surface area contributed by atoms with Gasteiger partial charge >= 0.3 is 0 Å². The number of hydrogen-bond donors (Lipinski definition) is 1. The zero-order valence-corrected chi connectivity index (χ0v) is 14.3. The zero-order chi connectivity index (χ0) is 15.8. The molecule has 0 radical (unpaired) electrons. The summed E-state index contributed by atoms with van der Waals surface area (Å²) in [5.74, 6) is 0.513. The van der Waals surface area contributed by atoms with Crippen molar-refractivity contribution in [2.24, 2.45) is 11.7 Å². The van der Waals surface area contributed by atoms with E-state index in [0.717, 1.165) is 24.0 Å². The Morgan fingerprint density at radius 2 is 2.05 bits per heavy atom. The molecule has 0 spiro atoms. The normalized spacial score (nSPS) is 15.7. The highest BCUT2D eigenvalue weighted by molar-refractivity contribution is 7.89. The van der Waals surface area contributed by atoms with Gasteiger partial charge in [-0.05, 0) is 57.2 Å². The van der Waals surface area contributed by atoms with Crippen LogP contribution in [-0.4, -0.2) is 30.3 Å². The molecule has 0 bridgehead atoms. The Balaban J connectivity index is 2.37. The third-order valence-electron chi connectivity index (χ3n) is 3.78. The molecule has 2 rings (SSSR count). The molecule has 0 unspecified atom stereocenters. The molecule has 1 aromatic carbocycles. The second-order valence-corrected chi connectivity index (χ2v) is 8.28. The number of benzene rings is 1. The van der Waals surface area contributed by atoms with Crippen LogP contribution in [0.25, 0.3) is 0 Å². The van der Waals surface area contributed by atoms with Crippen LogP contribution in [0, 0.1) is 12.8 Å². The van der Waals surface area contributed by atoms with Crippen LogP contribution in [0.2, 0.25) is 0 Å². The second-order valence-electron chi connectivity index (χ2n) is 5.95. The summed E-state index contributed by atoms with van der Waals surface area (Å²) in [5, 5.41) is 0. The van der Waals surface area contributed by atoms with E-state index < -0.39 is 10.0 Å². The molecule has 1 fully saturated rings. The quantitative estimate of drug-likeness (QED) is 0.816. The van der Waals surface area contributed by atoms with Gasteiger partial charge in [-0.15, -0.1) is 0 Å². The minimum atomic E-state index is -3.47. The van der Waals surface area contributed by atoms with E-state index in [-0.39, 0.29) is 11.0 Å². The fraction of sp³-hybridized carbons (Fsp3) is 0.533. The summed E-state index contributed by atoms with van der Waals surface area (Å²) in [7, 11) is -3.47. The average molecular weight is 326 g/mol. The third-order valence-corrected chi connectivity index (χ3v) is 6.04. The number of rotatable bonds is 6. The first-order valence-corrected chi connectivity index (χ1v) is 9.00. The molecule has 0 amide bonds. The van der Waals surface area contributed by atoms with Gasteiger partial charge in [-0.1, -0.05) is 18.3 Å². The third kappa shape index (κ3) is 3.62. The van der Waals surface area contributed by atoms with E-state index in [4.69, 9.17) is 18.0 Å². The van der Waals surface area contributed by atoms with E-state index in [1.807, 2.05) is 20.8 Å². The van der Waals surface area contributed by atoms with Crippen LogP contribution in [-0.2, 0) is 10.0 Å². The molecule has 1 aromatic rings. The highest BCUT2D eigenvalue weighted by Crippen LogP contribution is 2.32. The molecule has 1 aliphatic rings. The number of aryl methyl sites for hydroxylation is 1. The predicted octanol–water partition coefficient (Wildman–Crippen LogP) is 2.44. The molecule has 0 aromatic heterocycles. The van der Waals surface area contributed by atoms with Crippen molar-refractivity contribution < 1.29 is 8.42 Å². The van der Waals surface area contributed by atoms with Gasteiger partial charge in [0, 0.05) is 18.2 Å². The minimum absolute atomic E-state index is 0.0498. The van der Waals surface area contributed by atoms with Gasteiger partial charge in [0.1, 0.15) is 4.99 Å². The Bertz CT molecular complexity index is 650. The maximum atomic E-state index is 12.8. The molecule has 0 aliphatic heterocycles. The Morgan fingerprint density at radius 1 is 1.43 bits per heavy atom. The molecule has 0 atom stereocenters. The summed E-state index contributed by atoms with van der Waals surface area (Å²) in [5.41, 5.74) is 7.14. The van der Waals surface area contributed by atoms with Gasteiger partial charge < -0.3 is 5.73 Å². The first kappa shape index (κ1) is 16.4. The summed E-state index contributed by atoms with van der Waals surface area (Å²) in [6.45, 7) is 6.26. The number of nitrogens with zero attached hydrogens (tertiary/aromatic N) is 1. The van der Waals surface area contributed by atoms with Crippen molar-refractivity contribution in [3.63, 3.8) is 0 Å². The molecule has 1 saturated carbocycles. The summed E-state index contributed by atoms with van der Waals surface area (Å²) in [4.78, 5) is 0.601. The Kier molecular flexibility index (Phi) is 4.70. The predicted molar refractivity (Wildman–Crippen MR) is 88.8 cm³/mol. The highest BCUT2D eigenvalue weighted by atomic mass is 32.2. The molecule has 0 saturated heterocycles. The van der Waals surface area contributed by atoms with Gasteiger partial charge in [0.2, 0.25) is 10.0 Å². The van der Waals surface area contributed by atoms with Gasteiger partial charge in [0.05, 0.1) is 4.90 Å². The van der Waals surface area contributed by atoms with Gasteiger partial charge in [-0.3, -0.25) is 0 Å². The molecule has 1 aliphatic carbocycles. The fourth-order valence-electron chi connectivity index (χ4n) is 2.35. The van der Waals surface area contributed by atoms with Crippen LogP contribution >= 0.6 is 12.2 Å². The topological polar surface area (TPSA) is 63.4 Å². The maximum absolute atomic E-state index is 12.8.